The summed E-state index contributed by atoms with van der Waals surface area (Å²) < 4.78 is 0. The first kappa shape index (κ1) is 13.7. The molecule has 1 saturated heterocycles. The second kappa shape index (κ2) is 5.62. The molecular formula is C13H20ClN3OS. The molecule has 2 aliphatic heterocycles. The van der Waals surface area contributed by atoms with E-state index in [9.17, 15) is 5.11 Å². The van der Waals surface area contributed by atoms with Crippen molar-refractivity contribution in [2.75, 3.05) is 19.0 Å². The zero-order valence-corrected chi connectivity index (χ0v) is 12.6. The predicted molar refractivity (Wildman–Crippen MR) is 81.2 cm³/mol. The van der Waals surface area contributed by atoms with Crippen LogP contribution in [0.15, 0.2) is 9.98 Å². The molecule has 1 aliphatic carbocycles. The maximum absolute atomic E-state index is 10.8. The summed E-state index contributed by atoms with van der Waals surface area (Å²) >= 11 is 7.55. The SMILES string of the molecule is OC1(CCl)C(=NC2CCCCC2)SC2=NCCCN21. The number of aliphatic hydroxyl groups is 1. The summed E-state index contributed by atoms with van der Waals surface area (Å²) in [7, 11) is 0. The molecule has 19 heavy (non-hydrogen) atoms. The number of nitrogens with zero attached hydrogens (tertiary/aromatic N) is 3. The van der Waals surface area contributed by atoms with E-state index in [1.807, 2.05) is 4.90 Å². The molecule has 0 aromatic heterocycles. The summed E-state index contributed by atoms with van der Waals surface area (Å²) in [5.74, 6) is 0.157. The molecule has 2 fully saturated rings. The molecule has 3 aliphatic rings. The van der Waals surface area contributed by atoms with E-state index in [-0.39, 0.29) is 5.88 Å². The molecule has 6 heteroatoms. The Hall–Kier alpha value is -0.260. The summed E-state index contributed by atoms with van der Waals surface area (Å²) in [4.78, 5) is 11.2. The van der Waals surface area contributed by atoms with Crippen LogP contribution in [0.5, 0.6) is 0 Å². The van der Waals surface area contributed by atoms with Crippen LogP contribution in [0.2, 0.25) is 0 Å². The third kappa shape index (κ3) is 2.52. The molecule has 2 heterocycles. The molecule has 0 amide bonds. The second-order valence-electron chi connectivity index (χ2n) is 5.45. The Morgan fingerprint density at radius 1 is 1.37 bits per heavy atom. The average molecular weight is 302 g/mol. The van der Waals surface area contributed by atoms with Gasteiger partial charge in [-0.25, -0.2) is 0 Å². The molecule has 1 unspecified atom stereocenters. The van der Waals surface area contributed by atoms with Crippen LogP contribution in [0, 0.1) is 0 Å². The fourth-order valence-electron chi connectivity index (χ4n) is 2.93. The Labute approximate surface area is 123 Å². The van der Waals surface area contributed by atoms with Crippen molar-refractivity contribution < 1.29 is 5.11 Å². The Morgan fingerprint density at radius 2 is 2.16 bits per heavy atom. The number of thioether (sulfide) groups is 1. The smallest absolute Gasteiger partial charge is 0.203 e. The largest absolute Gasteiger partial charge is 0.364 e. The average Bonchev–Trinajstić information content (AvgIpc) is 2.74. The molecular weight excluding hydrogens is 282 g/mol. The molecule has 4 nitrogen and oxygen atoms in total. The van der Waals surface area contributed by atoms with E-state index in [4.69, 9.17) is 16.6 Å². The highest BCUT2D eigenvalue weighted by atomic mass is 35.5. The lowest BCUT2D eigenvalue weighted by molar-refractivity contribution is 0.0199. The molecule has 1 saturated carbocycles. The Morgan fingerprint density at radius 3 is 2.89 bits per heavy atom. The van der Waals surface area contributed by atoms with E-state index in [1.54, 1.807) is 0 Å². The van der Waals surface area contributed by atoms with Crippen molar-refractivity contribution in [2.24, 2.45) is 9.98 Å². The van der Waals surface area contributed by atoms with Gasteiger partial charge in [-0.3, -0.25) is 9.98 Å². The quantitative estimate of drug-likeness (QED) is 0.797. The first-order valence-electron chi connectivity index (χ1n) is 7.10. The Kier molecular flexibility index (Phi) is 4.06. The molecule has 106 valence electrons. The number of aliphatic imine (C=N–C) groups is 2. The Bertz CT molecular complexity index is 409. The van der Waals surface area contributed by atoms with Gasteiger partial charge in [-0.05, 0) is 31.0 Å². The summed E-state index contributed by atoms with van der Waals surface area (Å²) in [6, 6.07) is 0.355. The minimum absolute atomic E-state index is 0.157. The van der Waals surface area contributed by atoms with E-state index >= 15 is 0 Å². The number of amidine groups is 1. The standard InChI is InChI=1S/C13H20ClN3OS/c14-9-13(18)11(16-10-5-2-1-3-6-10)19-12-15-7-4-8-17(12)13/h10,18H,1-9H2. The lowest BCUT2D eigenvalue weighted by Crippen LogP contribution is -2.53. The molecule has 0 aromatic rings. The van der Waals surface area contributed by atoms with Crippen LogP contribution in [0.3, 0.4) is 0 Å². The van der Waals surface area contributed by atoms with Crippen molar-refractivity contribution in [1.29, 1.82) is 0 Å². The number of halogens is 1. The number of alkyl halides is 1. The molecule has 0 spiro atoms. The van der Waals surface area contributed by atoms with Crippen molar-refractivity contribution in [3.05, 3.63) is 0 Å². The predicted octanol–water partition coefficient (Wildman–Crippen LogP) is 2.45. The number of rotatable bonds is 2. The first-order valence-corrected chi connectivity index (χ1v) is 8.46. The van der Waals surface area contributed by atoms with Crippen molar-refractivity contribution in [3.8, 4) is 0 Å². The summed E-state index contributed by atoms with van der Waals surface area (Å²) in [6.07, 6.45) is 7.04. The summed E-state index contributed by atoms with van der Waals surface area (Å²) in [6.45, 7) is 1.66. The monoisotopic (exact) mass is 301 g/mol. The molecule has 1 atom stereocenters. The lowest BCUT2D eigenvalue weighted by Gasteiger charge is -2.34. The van der Waals surface area contributed by atoms with Crippen LogP contribution in [0.4, 0.5) is 0 Å². The molecule has 3 rings (SSSR count). The molecule has 0 aromatic carbocycles. The normalized spacial score (nSPS) is 34.5. The minimum Gasteiger partial charge on any atom is -0.364 e. The van der Waals surface area contributed by atoms with Crippen LogP contribution < -0.4 is 0 Å². The maximum Gasteiger partial charge on any atom is 0.203 e. The number of hydrogen-bond acceptors (Lipinski definition) is 5. The van der Waals surface area contributed by atoms with Crippen molar-refractivity contribution in [2.45, 2.75) is 50.3 Å². The highest BCUT2D eigenvalue weighted by molar-refractivity contribution is 8.27. The summed E-state index contributed by atoms with van der Waals surface area (Å²) in [5.41, 5.74) is -1.12. The van der Waals surface area contributed by atoms with Gasteiger partial charge >= 0.3 is 0 Å². The lowest BCUT2D eigenvalue weighted by atomic mass is 9.96. The number of hydrogen-bond donors (Lipinski definition) is 1. The van der Waals surface area contributed by atoms with E-state index in [0.29, 0.717) is 6.04 Å². The van der Waals surface area contributed by atoms with Gasteiger partial charge in [-0.1, -0.05) is 19.3 Å². The number of fused-ring (bicyclic) bond motifs is 1. The third-order valence-corrected chi connectivity index (χ3v) is 5.59. The van der Waals surface area contributed by atoms with E-state index < -0.39 is 5.72 Å². The molecule has 0 bridgehead atoms. The van der Waals surface area contributed by atoms with Crippen LogP contribution in [-0.4, -0.2) is 51.0 Å². The van der Waals surface area contributed by atoms with Crippen LogP contribution in [0.1, 0.15) is 38.5 Å². The highest BCUT2D eigenvalue weighted by Crippen LogP contribution is 2.38. The zero-order chi connectivity index (χ0) is 13.3. The van der Waals surface area contributed by atoms with Crippen molar-refractivity contribution in [1.82, 2.24) is 4.90 Å². The van der Waals surface area contributed by atoms with Gasteiger partial charge in [0.15, 0.2) is 5.17 Å². The van der Waals surface area contributed by atoms with Gasteiger partial charge < -0.3 is 10.0 Å². The van der Waals surface area contributed by atoms with E-state index in [1.165, 1.54) is 31.0 Å². The fourth-order valence-corrected chi connectivity index (χ4v) is 4.51. The van der Waals surface area contributed by atoms with Gasteiger partial charge in [0, 0.05) is 13.1 Å². The molecule has 0 radical (unpaired) electrons. The van der Waals surface area contributed by atoms with E-state index in [0.717, 1.165) is 42.6 Å². The minimum atomic E-state index is -1.12. The van der Waals surface area contributed by atoms with Crippen LogP contribution in [-0.2, 0) is 0 Å². The summed E-state index contributed by atoms with van der Waals surface area (Å²) in [5, 5.41) is 12.5. The van der Waals surface area contributed by atoms with Gasteiger partial charge in [0.2, 0.25) is 5.72 Å². The Balaban J connectivity index is 1.85. The van der Waals surface area contributed by atoms with Gasteiger partial charge in [-0.2, -0.15) is 0 Å². The zero-order valence-electron chi connectivity index (χ0n) is 11.0. The van der Waals surface area contributed by atoms with Crippen molar-refractivity contribution in [3.63, 3.8) is 0 Å². The molecule has 1 N–H and O–H groups in total. The maximum atomic E-state index is 10.8. The van der Waals surface area contributed by atoms with Crippen LogP contribution >= 0.6 is 23.4 Å². The highest BCUT2D eigenvalue weighted by Gasteiger charge is 2.49. The third-order valence-electron chi connectivity index (χ3n) is 4.06. The first-order chi connectivity index (χ1) is 9.24. The second-order valence-corrected chi connectivity index (χ2v) is 6.67. The topological polar surface area (TPSA) is 48.2 Å². The van der Waals surface area contributed by atoms with Gasteiger partial charge in [0.25, 0.3) is 0 Å². The van der Waals surface area contributed by atoms with Gasteiger partial charge in [0.05, 0.1) is 11.9 Å². The fraction of sp³-hybridized carbons (Fsp3) is 0.846. The van der Waals surface area contributed by atoms with E-state index in [2.05, 4.69) is 4.99 Å². The van der Waals surface area contributed by atoms with Crippen molar-refractivity contribution >= 4 is 33.6 Å². The van der Waals surface area contributed by atoms with Gasteiger partial charge in [-0.15, -0.1) is 11.6 Å². The van der Waals surface area contributed by atoms with Gasteiger partial charge in [0.1, 0.15) is 5.04 Å². The van der Waals surface area contributed by atoms with Crippen LogP contribution in [0.25, 0.3) is 0 Å².